The lowest BCUT2D eigenvalue weighted by molar-refractivity contribution is -0.121. The Bertz CT molecular complexity index is 930. The van der Waals surface area contributed by atoms with E-state index < -0.39 is 0 Å². The van der Waals surface area contributed by atoms with Crippen LogP contribution in [-0.2, 0) is 4.79 Å². The topological polar surface area (TPSA) is 80.8 Å². The van der Waals surface area contributed by atoms with E-state index in [-0.39, 0.29) is 23.7 Å². The maximum atomic E-state index is 13.0. The first-order chi connectivity index (χ1) is 14.4. The van der Waals surface area contributed by atoms with E-state index in [1.807, 2.05) is 32.9 Å². The Morgan fingerprint density at radius 3 is 2.53 bits per heavy atom. The highest BCUT2D eigenvalue weighted by atomic mass is 32.1. The highest BCUT2D eigenvalue weighted by molar-refractivity contribution is 7.15. The van der Waals surface area contributed by atoms with Gasteiger partial charge in [-0.25, -0.2) is 4.98 Å². The Hall–Kier alpha value is -2.45. The summed E-state index contributed by atoms with van der Waals surface area (Å²) in [5, 5.41) is 3.57. The van der Waals surface area contributed by atoms with Crippen LogP contribution in [0.3, 0.4) is 0 Å². The molecule has 1 saturated heterocycles. The SMILES string of the molecule is Cc1nc(NC(=O)C(C)N2CCC(C(=O)c3ccc4c(c3)OCCO4)CC2)sc1C. The summed E-state index contributed by atoms with van der Waals surface area (Å²) in [6.45, 7) is 8.31. The summed E-state index contributed by atoms with van der Waals surface area (Å²) in [6, 6.07) is 5.15. The van der Waals surface area contributed by atoms with E-state index in [0.717, 1.165) is 23.4 Å². The van der Waals surface area contributed by atoms with E-state index in [1.54, 1.807) is 6.07 Å². The summed E-state index contributed by atoms with van der Waals surface area (Å²) in [4.78, 5) is 33.2. The molecular formula is C22H27N3O4S. The van der Waals surface area contributed by atoms with Crippen molar-refractivity contribution >= 4 is 28.2 Å². The number of nitrogens with one attached hydrogen (secondary N) is 1. The van der Waals surface area contributed by atoms with Crippen molar-refractivity contribution in [2.75, 3.05) is 31.6 Å². The monoisotopic (exact) mass is 429 g/mol. The van der Waals surface area contributed by atoms with E-state index in [9.17, 15) is 9.59 Å². The molecule has 30 heavy (non-hydrogen) atoms. The van der Waals surface area contributed by atoms with Gasteiger partial charge >= 0.3 is 0 Å². The zero-order valence-electron chi connectivity index (χ0n) is 17.6. The van der Waals surface area contributed by atoms with Gasteiger partial charge in [0.1, 0.15) is 13.2 Å². The number of hydrogen-bond donors (Lipinski definition) is 1. The number of ketones is 1. The smallest absolute Gasteiger partial charge is 0.243 e. The molecule has 1 unspecified atom stereocenters. The molecule has 1 atom stereocenters. The number of anilines is 1. The first-order valence-electron chi connectivity index (χ1n) is 10.3. The third-order valence-electron chi connectivity index (χ3n) is 5.91. The number of hydrogen-bond acceptors (Lipinski definition) is 7. The molecule has 1 amide bonds. The first-order valence-corrected chi connectivity index (χ1v) is 11.2. The average molecular weight is 430 g/mol. The van der Waals surface area contributed by atoms with Crippen LogP contribution < -0.4 is 14.8 Å². The van der Waals surface area contributed by atoms with Crippen molar-refractivity contribution in [2.24, 2.45) is 5.92 Å². The van der Waals surface area contributed by atoms with Crippen LogP contribution in [0.4, 0.5) is 5.13 Å². The van der Waals surface area contributed by atoms with Crippen LogP contribution in [0.2, 0.25) is 0 Å². The minimum atomic E-state index is -0.264. The van der Waals surface area contributed by atoms with E-state index >= 15 is 0 Å². The third-order valence-corrected chi connectivity index (χ3v) is 6.90. The van der Waals surface area contributed by atoms with Crippen molar-refractivity contribution in [3.63, 3.8) is 0 Å². The minimum absolute atomic E-state index is 0.0386. The van der Waals surface area contributed by atoms with Gasteiger partial charge in [0.2, 0.25) is 5.91 Å². The molecule has 1 N–H and O–H groups in total. The number of nitrogens with zero attached hydrogens (tertiary/aromatic N) is 2. The fourth-order valence-electron chi connectivity index (χ4n) is 3.88. The number of amides is 1. The largest absolute Gasteiger partial charge is 0.486 e. The molecule has 0 spiro atoms. The van der Waals surface area contributed by atoms with Crippen molar-refractivity contribution in [2.45, 2.75) is 39.7 Å². The van der Waals surface area contributed by atoms with E-state index in [2.05, 4.69) is 15.2 Å². The summed E-state index contributed by atoms with van der Waals surface area (Å²) in [5.74, 6) is 1.38. The number of rotatable bonds is 5. The Kier molecular flexibility index (Phi) is 6.06. The molecule has 1 fully saturated rings. The molecule has 7 nitrogen and oxygen atoms in total. The quantitative estimate of drug-likeness (QED) is 0.734. The van der Waals surface area contributed by atoms with Crippen LogP contribution in [0.15, 0.2) is 18.2 Å². The van der Waals surface area contributed by atoms with Gasteiger partial charge in [-0.15, -0.1) is 11.3 Å². The summed E-state index contributed by atoms with van der Waals surface area (Å²) in [6.07, 6.45) is 1.47. The molecular weight excluding hydrogens is 402 g/mol. The zero-order valence-corrected chi connectivity index (χ0v) is 18.4. The number of fused-ring (bicyclic) bond motifs is 1. The Morgan fingerprint density at radius 1 is 1.17 bits per heavy atom. The molecule has 2 aliphatic rings. The number of ether oxygens (including phenoxy) is 2. The van der Waals surface area contributed by atoms with Gasteiger partial charge in [0.25, 0.3) is 0 Å². The van der Waals surface area contributed by atoms with Crippen LogP contribution in [0.5, 0.6) is 11.5 Å². The van der Waals surface area contributed by atoms with E-state index in [0.29, 0.717) is 48.5 Å². The number of aryl methyl sites for hydroxylation is 2. The average Bonchev–Trinajstić information content (AvgIpc) is 3.09. The van der Waals surface area contributed by atoms with Gasteiger partial charge < -0.3 is 14.8 Å². The predicted molar refractivity (Wildman–Crippen MR) is 116 cm³/mol. The fourth-order valence-corrected chi connectivity index (χ4v) is 4.70. The van der Waals surface area contributed by atoms with Gasteiger partial charge in [-0.3, -0.25) is 14.5 Å². The molecule has 0 aliphatic carbocycles. The van der Waals surface area contributed by atoms with Crippen LogP contribution in [0.1, 0.15) is 40.7 Å². The second-order valence-electron chi connectivity index (χ2n) is 7.86. The molecule has 1 aromatic heterocycles. The summed E-state index contributed by atoms with van der Waals surface area (Å²) in [7, 11) is 0. The van der Waals surface area contributed by atoms with Gasteiger partial charge in [-0.05, 0) is 64.9 Å². The summed E-state index contributed by atoms with van der Waals surface area (Å²) >= 11 is 1.49. The second kappa shape index (κ2) is 8.73. The highest BCUT2D eigenvalue weighted by Gasteiger charge is 2.31. The normalized spacial score (nSPS) is 18.1. The van der Waals surface area contributed by atoms with Crippen LogP contribution >= 0.6 is 11.3 Å². The molecule has 4 rings (SSSR count). The van der Waals surface area contributed by atoms with E-state index in [4.69, 9.17) is 9.47 Å². The molecule has 1 aromatic carbocycles. The lowest BCUT2D eigenvalue weighted by Crippen LogP contribution is -2.47. The minimum Gasteiger partial charge on any atom is -0.486 e. The Morgan fingerprint density at radius 2 is 1.87 bits per heavy atom. The number of carbonyl (C=O) groups excluding carboxylic acids is 2. The summed E-state index contributed by atoms with van der Waals surface area (Å²) in [5.41, 5.74) is 1.61. The van der Waals surface area contributed by atoms with Crippen molar-refractivity contribution in [1.29, 1.82) is 0 Å². The van der Waals surface area contributed by atoms with Gasteiger partial charge in [0.05, 0.1) is 11.7 Å². The number of aromatic nitrogens is 1. The van der Waals surface area contributed by atoms with Crippen LogP contribution in [0.25, 0.3) is 0 Å². The third kappa shape index (κ3) is 4.34. The number of Topliss-reactive ketones (excluding diaryl/α,β-unsaturated/α-hetero) is 1. The van der Waals surface area contributed by atoms with Gasteiger partial charge in [0, 0.05) is 16.4 Å². The molecule has 0 bridgehead atoms. The van der Waals surface area contributed by atoms with Gasteiger partial charge in [-0.1, -0.05) is 0 Å². The molecule has 0 saturated carbocycles. The molecule has 160 valence electrons. The van der Waals surface area contributed by atoms with Crippen molar-refractivity contribution < 1.29 is 19.1 Å². The predicted octanol–water partition coefficient (Wildman–Crippen LogP) is 3.45. The van der Waals surface area contributed by atoms with E-state index in [1.165, 1.54) is 11.3 Å². The zero-order chi connectivity index (χ0) is 21.3. The molecule has 3 heterocycles. The first kappa shape index (κ1) is 20.8. The molecule has 2 aliphatic heterocycles. The second-order valence-corrected chi connectivity index (χ2v) is 9.06. The number of carbonyl (C=O) groups is 2. The maximum Gasteiger partial charge on any atom is 0.243 e. The van der Waals surface area contributed by atoms with Gasteiger partial charge in [-0.2, -0.15) is 0 Å². The van der Waals surface area contributed by atoms with Crippen molar-refractivity contribution in [3.8, 4) is 11.5 Å². The number of likely N-dealkylation sites (tertiary alicyclic amines) is 1. The maximum absolute atomic E-state index is 13.0. The highest BCUT2D eigenvalue weighted by Crippen LogP contribution is 2.33. The number of thiazole rings is 1. The summed E-state index contributed by atoms with van der Waals surface area (Å²) < 4.78 is 11.1. The molecule has 0 radical (unpaired) electrons. The Labute approximate surface area is 180 Å². The number of benzene rings is 1. The Balaban J connectivity index is 1.32. The lowest BCUT2D eigenvalue weighted by atomic mass is 9.88. The number of piperidine rings is 1. The standard InChI is InChI=1S/C22H27N3O4S/c1-13-15(3)30-22(23-13)24-21(27)14(2)25-8-6-16(7-9-25)20(26)17-4-5-18-19(12-17)29-11-10-28-18/h4-5,12,14,16H,6-11H2,1-3H3,(H,23,24,27). The van der Waals surface area contributed by atoms with Crippen LogP contribution in [0, 0.1) is 19.8 Å². The van der Waals surface area contributed by atoms with Crippen molar-refractivity contribution in [1.82, 2.24) is 9.88 Å². The lowest BCUT2D eigenvalue weighted by Gasteiger charge is -2.34. The fraction of sp³-hybridized carbons (Fsp3) is 0.500. The van der Waals surface area contributed by atoms with Crippen LogP contribution in [-0.4, -0.2) is 53.9 Å². The van der Waals surface area contributed by atoms with Gasteiger partial charge in [0.15, 0.2) is 22.4 Å². The molecule has 2 aromatic rings. The van der Waals surface area contributed by atoms with Crippen molar-refractivity contribution in [3.05, 3.63) is 34.3 Å². The molecule has 8 heteroatoms.